The molecule has 1 aromatic heterocycles. The largest absolute Gasteiger partial charge is 0.335 e. The van der Waals surface area contributed by atoms with E-state index < -0.39 is 0 Å². The van der Waals surface area contributed by atoms with Crippen LogP contribution in [0.25, 0.3) is 0 Å². The molecule has 1 atom stereocenters. The topological polar surface area (TPSA) is 29.9 Å². The normalized spacial score (nSPS) is 12.6. The van der Waals surface area contributed by atoms with E-state index in [1.54, 1.807) is 0 Å². The molecule has 108 valence electrons. The van der Waals surface area contributed by atoms with Gasteiger partial charge in [0.05, 0.1) is 0 Å². The number of aryl methyl sites for hydroxylation is 2. The number of halogens is 1. The van der Waals surface area contributed by atoms with Gasteiger partial charge in [-0.2, -0.15) is 0 Å². The Bertz CT molecular complexity index is 563. The second-order valence-corrected chi connectivity index (χ2v) is 5.38. The smallest absolute Gasteiger partial charge is 0.110 e. The van der Waals surface area contributed by atoms with Crippen molar-refractivity contribution in [1.82, 2.24) is 14.9 Å². The van der Waals surface area contributed by atoms with E-state index in [1.165, 1.54) is 11.1 Å². The molecule has 1 aromatic carbocycles. The minimum atomic E-state index is 0.242. The highest BCUT2D eigenvalue weighted by Gasteiger charge is 2.16. The van der Waals surface area contributed by atoms with E-state index in [0.29, 0.717) is 0 Å². The third-order valence-electron chi connectivity index (χ3n) is 3.60. The van der Waals surface area contributed by atoms with Gasteiger partial charge in [0, 0.05) is 36.4 Å². The van der Waals surface area contributed by atoms with E-state index in [2.05, 4.69) is 47.8 Å². The maximum Gasteiger partial charge on any atom is 0.110 e. The number of aromatic nitrogens is 2. The minimum absolute atomic E-state index is 0.242. The van der Waals surface area contributed by atoms with E-state index in [4.69, 9.17) is 11.6 Å². The molecule has 3 nitrogen and oxygen atoms in total. The van der Waals surface area contributed by atoms with Crippen LogP contribution in [0.3, 0.4) is 0 Å². The summed E-state index contributed by atoms with van der Waals surface area (Å²) in [5.74, 6) is 1.11. The molecule has 0 saturated carbocycles. The molecule has 0 bridgehead atoms. The second-order valence-electron chi connectivity index (χ2n) is 4.94. The fourth-order valence-corrected chi connectivity index (χ4v) is 2.71. The standard InChI is InChI=1S/C16H22ClN3/c1-4-18-15(11-16-19-8-9-20(16)5-2)14-10-13(17)7-6-12(14)3/h6-10,15,18H,4-5,11H2,1-3H3. The monoisotopic (exact) mass is 291 g/mol. The van der Waals surface area contributed by atoms with Crippen LogP contribution in [0.15, 0.2) is 30.6 Å². The first-order valence-corrected chi connectivity index (χ1v) is 7.53. The van der Waals surface area contributed by atoms with Gasteiger partial charge in [-0.25, -0.2) is 4.98 Å². The first-order valence-electron chi connectivity index (χ1n) is 7.15. The SMILES string of the molecule is CCNC(Cc1nccn1CC)c1cc(Cl)ccc1C. The Kier molecular flexibility index (Phi) is 5.21. The molecule has 0 aliphatic heterocycles. The van der Waals surface area contributed by atoms with Crippen LogP contribution in [0.4, 0.5) is 0 Å². The molecule has 0 radical (unpaired) electrons. The van der Waals surface area contributed by atoms with Crippen LogP contribution in [0.2, 0.25) is 5.02 Å². The Morgan fingerprint density at radius 2 is 2.15 bits per heavy atom. The average molecular weight is 292 g/mol. The maximum atomic E-state index is 6.15. The van der Waals surface area contributed by atoms with Gasteiger partial charge in [0.2, 0.25) is 0 Å². The zero-order valence-electron chi connectivity index (χ0n) is 12.4. The summed E-state index contributed by atoms with van der Waals surface area (Å²) in [5.41, 5.74) is 2.51. The Morgan fingerprint density at radius 3 is 2.85 bits per heavy atom. The number of benzene rings is 1. The lowest BCUT2D eigenvalue weighted by Gasteiger charge is -2.21. The molecular weight excluding hydrogens is 270 g/mol. The molecule has 0 aliphatic carbocycles. The van der Waals surface area contributed by atoms with Gasteiger partial charge in [-0.15, -0.1) is 0 Å². The van der Waals surface area contributed by atoms with Crippen molar-refractivity contribution in [3.05, 3.63) is 52.6 Å². The lowest BCUT2D eigenvalue weighted by molar-refractivity contribution is 0.520. The third-order valence-corrected chi connectivity index (χ3v) is 3.83. The number of hydrogen-bond acceptors (Lipinski definition) is 2. The summed E-state index contributed by atoms with van der Waals surface area (Å²) in [7, 11) is 0. The fraction of sp³-hybridized carbons (Fsp3) is 0.438. The molecule has 0 aliphatic rings. The Balaban J connectivity index is 2.29. The van der Waals surface area contributed by atoms with E-state index in [0.717, 1.165) is 30.4 Å². The second kappa shape index (κ2) is 6.91. The van der Waals surface area contributed by atoms with E-state index in [9.17, 15) is 0 Å². The van der Waals surface area contributed by atoms with Crippen molar-refractivity contribution in [2.75, 3.05) is 6.54 Å². The first kappa shape index (κ1) is 15.1. The van der Waals surface area contributed by atoms with Gasteiger partial charge in [0.1, 0.15) is 5.82 Å². The summed E-state index contributed by atoms with van der Waals surface area (Å²) in [6.45, 7) is 8.26. The van der Waals surface area contributed by atoms with Crippen molar-refractivity contribution >= 4 is 11.6 Å². The van der Waals surface area contributed by atoms with Crippen LogP contribution in [0, 0.1) is 6.92 Å². The molecule has 0 fully saturated rings. The number of likely N-dealkylation sites (N-methyl/N-ethyl adjacent to an activating group) is 1. The molecular formula is C16H22ClN3. The number of hydrogen-bond donors (Lipinski definition) is 1. The van der Waals surface area contributed by atoms with Crippen LogP contribution in [-0.2, 0) is 13.0 Å². The zero-order valence-corrected chi connectivity index (χ0v) is 13.1. The van der Waals surface area contributed by atoms with Crippen LogP contribution >= 0.6 is 11.6 Å². The first-order chi connectivity index (χ1) is 9.65. The van der Waals surface area contributed by atoms with Gasteiger partial charge in [0.15, 0.2) is 0 Å². The van der Waals surface area contributed by atoms with Gasteiger partial charge < -0.3 is 9.88 Å². The molecule has 2 aromatic rings. The van der Waals surface area contributed by atoms with Crippen LogP contribution < -0.4 is 5.32 Å². The molecule has 20 heavy (non-hydrogen) atoms. The number of nitrogens with zero attached hydrogens (tertiary/aromatic N) is 2. The van der Waals surface area contributed by atoms with Crippen LogP contribution in [-0.4, -0.2) is 16.1 Å². The Morgan fingerprint density at radius 1 is 1.35 bits per heavy atom. The molecule has 0 amide bonds. The molecule has 1 N–H and O–H groups in total. The van der Waals surface area contributed by atoms with Crippen LogP contribution in [0.1, 0.15) is 36.8 Å². The average Bonchev–Trinajstić information content (AvgIpc) is 2.88. The van der Waals surface area contributed by atoms with Gasteiger partial charge in [-0.1, -0.05) is 24.6 Å². The highest BCUT2D eigenvalue weighted by molar-refractivity contribution is 6.30. The summed E-state index contributed by atoms with van der Waals surface area (Å²) < 4.78 is 2.18. The molecule has 1 heterocycles. The summed E-state index contributed by atoms with van der Waals surface area (Å²) in [6, 6.07) is 6.32. The van der Waals surface area contributed by atoms with Crippen molar-refractivity contribution in [2.24, 2.45) is 0 Å². The summed E-state index contributed by atoms with van der Waals surface area (Å²) in [5, 5.41) is 4.33. The van der Waals surface area contributed by atoms with Crippen molar-refractivity contribution in [1.29, 1.82) is 0 Å². The highest BCUT2D eigenvalue weighted by Crippen LogP contribution is 2.24. The maximum absolute atomic E-state index is 6.15. The summed E-state index contributed by atoms with van der Waals surface area (Å²) in [4.78, 5) is 4.48. The van der Waals surface area contributed by atoms with Gasteiger partial charge in [0.25, 0.3) is 0 Å². The van der Waals surface area contributed by atoms with E-state index in [1.807, 2.05) is 18.5 Å². The number of imidazole rings is 1. The van der Waals surface area contributed by atoms with Crippen molar-refractivity contribution in [3.8, 4) is 0 Å². The van der Waals surface area contributed by atoms with E-state index in [-0.39, 0.29) is 6.04 Å². The molecule has 2 rings (SSSR count). The lowest BCUT2D eigenvalue weighted by atomic mass is 9.98. The Hall–Kier alpha value is -1.32. The molecule has 1 unspecified atom stereocenters. The predicted molar refractivity (Wildman–Crippen MR) is 84.2 cm³/mol. The van der Waals surface area contributed by atoms with Crippen LogP contribution in [0.5, 0.6) is 0 Å². The van der Waals surface area contributed by atoms with E-state index >= 15 is 0 Å². The third kappa shape index (κ3) is 3.41. The van der Waals surface area contributed by atoms with Crippen molar-refractivity contribution in [3.63, 3.8) is 0 Å². The van der Waals surface area contributed by atoms with Gasteiger partial charge in [-0.3, -0.25) is 0 Å². The van der Waals surface area contributed by atoms with Crippen molar-refractivity contribution < 1.29 is 0 Å². The van der Waals surface area contributed by atoms with Gasteiger partial charge in [-0.05, 0) is 43.7 Å². The predicted octanol–water partition coefficient (Wildman–Crippen LogP) is 3.76. The zero-order chi connectivity index (χ0) is 14.5. The lowest BCUT2D eigenvalue weighted by Crippen LogP contribution is -2.25. The highest BCUT2D eigenvalue weighted by atomic mass is 35.5. The number of rotatable bonds is 6. The number of nitrogens with one attached hydrogen (secondary N) is 1. The summed E-state index contributed by atoms with van der Waals surface area (Å²) in [6.07, 6.45) is 4.77. The quantitative estimate of drug-likeness (QED) is 0.878. The molecule has 4 heteroatoms. The molecule has 0 saturated heterocycles. The Labute approximate surface area is 126 Å². The summed E-state index contributed by atoms with van der Waals surface area (Å²) >= 11 is 6.15. The minimum Gasteiger partial charge on any atom is -0.335 e. The molecule has 0 spiro atoms. The van der Waals surface area contributed by atoms with Gasteiger partial charge >= 0.3 is 0 Å². The fourth-order valence-electron chi connectivity index (χ4n) is 2.53. The van der Waals surface area contributed by atoms with Crippen molar-refractivity contribution in [2.45, 2.75) is 39.8 Å².